The minimum Gasteiger partial charge on any atom is -0.126 e. The van der Waals surface area contributed by atoms with Crippen LogP contribution in [0.15, 0.2) is 12.1 Å². The first-order valence-electron chi connectivity index (χ1n) is 9.86. The third-order valence-corrected chi connectivity index (χ3v) is 7.10. The van der Waals surface area contributed by atoms with E-state index in [1.807, 2.05) is 0 Å². The Morgan fingerprint density at radius 2 is 1.19 bits per heavy atom. The zero-order chi connectivity index (χ0) is 21.4. The molecule has 0 heterocycles. The van der Waals surface area contributed by atoms with Crippen molar-refractivity contribution in [2.45, 2.75) is 98.2 Å². The Hall–Kier alpha value is -1.01. The molecule has 0 radical (unpaired) electrons. The highest BCUT2D eigenvalue weighted by Crippen LogP contribution is 2.43. The molecule has 0 saturated carbocycles. The van der Waals surface area contributed by atoms with Gasteiger partial charge in [-0.1, -0.05) is 105 Å². The van der Waals surface area contributed by atoms with Crippen molar-refractivity contribution in [2.24, 2.45) is 0 Å². The molecule has 1 rings (SSSR count). The van der Waals surface area contributed by atoms with Gasteiger partial charge < -0.3 is 0 Å². The third kappa shape index (κ3) is 6.52. The summed E-state index contributed by atoms with van der Waals surface area (Å²) in [5, 5.41) is 1.33. The minimum atomic E-state index is -1.48. The van der Waals surface area contributed by atoms with Crippen molar-refractivity contribution in [3.05, 3.63) is 28.8 Å². The molecule has 1 unspecified atom stereocenters. The first-order valence-corrected chi connectivity index (χ1v) is 14.7. The molecule has 0 N–H and O–H groups in total. The summed E-state index contributed by atoms with van der Waals surface area (Å²) in [6, 6.07) is 4.79. The maximum atomic E-state index is 6.07. The fraction of sp³-hybridized carbons (Fsp3) is 0.600. The predicted octanol–water partition coefficient (Wildman–Crippen LogP) is 7.12. The van der Waals surface area contributed by atoms with Gasteiger partial charge in [-0.25, -0.2) is 0 Å². The van der Waals surface area contributed by atoms with E-state index in [9.17, 15) is 0 Å². The van der Waals surface area contributed by atoms with E-state index in [0.717, 1.165) is 0 Å². The van der Waals surface area contributed by atoms with E-state index in [-0.39, 0.29) is 16.2 Å². The van der Waals surface area contributed by atoms with Gasteiger partial charge in [0.1, 0.15) is 8.07 Å². The summed E-state index contributed by atoms with van der Waals surface area (Å²) < 4.78 is 0. The Balaban J connectivity index is 4.00. The van der Waals surface area contributed by atoms with Crippen LogP contribution >= 0.6 is 7.92 Å². The lowest BCUT2D eigenvalue weighted by molar-refractivity contribution is 0.553. The quantitative estimate of drug-likeness (QED) is 0.268. The van der Waals surface area contributed by atoms with Crippen molar-refractivity contribution in [1.82, 2.24) is 0 Å². The molecule has 27 heavy (non-hydrogen) atoms. The smallest absolute Gasteiger partial charge is 0.126 e. The van der Waals surface area contributed by atoms with E-state index in [0.29, 0.717) is 0 Å². The molecule has 0 aliphatic heterocycles. The van der Waals surface area contributed by atoms with E-state index in [4.69, 9.17) is 6.42 Å². The van der Waals surface area contributed by atoms with Crippen LogP contribution < -0.4 is 5.30 Å². The van der Waals surface area contributed by atoms with Gasteiger partial charge in [-0.2, -0.15) is 0 Å². The van der Waals surface area contributed by atoms with Gasteiger partial charge in [0.2, 0.25) is 0 Å². The highest BCUT2D eigenvalue weighted by molar-refractivity contribution is 7.75. The Morgan fingerprint density at radius 1 is 0.778 bits per heavy atom. The molecule has 1 aromatic rings. The molecule has 0 spiro atoms. The van der Waals surface area contributed by atoms with Gasteiger partial charge in [-0.3, -0.25) is 0 Å². The van der Waals surface area contributed by atoms with Gasteiger partial charge in [0.05, 0.1) is 7.92 Å². The second-order valence-corrected chi connectivity index (χ2v) is 18.0. The second-order valence-electron chi connectivity index (χ2n) is 11.6. The van der Waals surface area contributed by atoms with Crippen molar-refractivity contribution in [1.29, 1.82) is 0 Å². The van der Waals surface area contributed by atoms with Crippen LogP contribution in [0.1, 0.15) is 79.0 Å². The molecule has 1 atom stereocenters. The fourth-order valence-electron chi connectivity index (χ4n) is 2.83. The molecule has 0 saturated heterocycles. The van der Waals surface area contributed by atoms with Gasteiger partial charge >= 0.3 is 0 Å². The van der Waals surface area contributed by atoms with E-state index < -0.39 is 16.0 Å². The minimum absolute atomic E-state index is 0.0227. The van der Waals surface area contributed by atoms with E-state index in [1.54, 1.807) is 0 Å². The molecule has 0 fully saturated rings. The molecule has 0 aliphatic carbocycles. The van der Waals surface area contributed by atoms with Crippen LogP contribution in [-0.2, 0) is 16.2 Å². The normalized spacial score (nSPS) is 14.2. The van der Waals surface area contributed by atoms with Crippen molar-refractivity contribution < 1.29 is 0 Å². The van der Waals surface area contributed by atoms with Gasteiger partial charge in [-0.05, 0) is 32.9 Å². The first-order chi connectivity index (χ1) is 11.9. The summed E-state index contributed by atoms with van der Waals surface area (Å²) in [6.45, 7) is 27.5. The first kappa shape index (κ1) is 24.0. The molecule has 0 amide bonds. The average molecular weight is 399 g/mol. The Labute approximate surface area is 171 Å². The van der Waals surface area contributed by atoms with Crippen LogP contribution in [-0.4, -0.2) is 8.07 Å². The Bertz CT molecular complexity index is 750. The molecule has 0 aliphatic rings. The van der Waals surface area contributed by atoms with E-state index >= 15 is 0 Å². The number of hydrogen-bond acceptors (Lipinski definition) is 0. The number of benzene rings is 1. The molecule has 2 heteroatoms. The predicted molar refractivity (Wildman–Crippen MR) is 129 cm³/mol. The largest absolute Gasteiger partial charge is 0.129 e. The SMILES string of the molecule is C#CP(C#C[Si](C)(C)C)c1c(C(C)(C)C)cc(C(C)(C)C)cc1C(C)(C)C. The zero-order valence-corrected chi connectivity index (χ0v) is 21.6. The van der Waals surface area contributed by atoms with Crippen LogP contribution in [0.3, 0.4) is 0 Å². The lowest BCUT2D eigenvalue weighted by Gasteiger charge is -2.34. The topological polar surface area (TPSA) is 0 Å². The highest BCUT2D eigenvalue weighted by atomic mass is 31.1. The number of terminal acetylenes is 1. The van der Waals surface area contributed by atoms with Crippen molar-refractivity contribution in [3.63, 3.8) is 0 Å². The maximum absolute atomic E-state index is 6.07. The van der Waals surface area contributed by atoms with Crippen molar-refractivity contribution in [2.75, 3.05) is 0 Å². The van der Waals surface area contributed by atoms with Crippen LogP contribution in [0.5, 0.6) is 0 Å². The molecule has 0 nitrogen and oxygen atoms in total. The second kappa shape index (κ2) is 7.78. The molecule has 1 aromatic carbocycles. The third-order valence-electron chi connectivity index (χ3n) is 4.49. The highest BCUT2D eigenvalue weighted by Gasteiger charge is 2.31. The van der Waals surface area contributed by atoms with E-state index in [1.165, 1.54) is 22.0 Å². The Kier molecular flexibility index (Phi) is 6.92. The molecule has 0 aromatic heterocycles. The summed E-state index contributed by atoms with van der Waals surface area (Å²) in [5.41, 5.74) is 14.4. The van der Waals surface area contributed by atoms with Gasteiger partial charge in [0.15, 0.2) is 0 Å². The van der Waals surface area contributed by atoms with E-state index in [2.05, 4.69) is 111 Å². The van der Waals surface area contributed by atoms with Gasteiger partial charge in [0, 0.05) is 5.30 Å². The monoisotopic (exact) mass is 398 g/mol. The standard InChI is InChI=1S/C25H39PSi/c1-14-26(15-16-27(11,12)13)22-20(24(5,6)7)17-19(23(2,3)4)18-21(22)25(8,9)10/h1,17-18H,2-13H3. The summed E-state index contributed by atoms with van der Waals surface area (Å²) in [6.07, 6.45) is 6.07. The summed E-state index contributed by atoms with van der Waals surface area (Å²) in [7, 11) is -2.41. The lowest BCUT2D eigenvalue weighted by Crippen LogP contribution is -2.31. The van der Waals surface area contributed by atoms with Gasteiger partial charge in [0.25, 0.3) is 0 Å². The van der Waals surface area contributed by atoms with Crippen LogP contribution in [0, 0.1) is 23.3 Å². The van der Waals surface area contributed by atoms with Crippen LogP contribution in [0.4, 0.5) is 0 Å². The zero-order valence-electron chi connectivity index (χ0n) is 19.7. The van der Waals surface area contributed by atoms with Gasteiger partial charge in [-0.15, -0.1) is 12.0 Å². The number of hydrogen-bond donors (Lipinski definition) is 0. The van der Waals surface area contributed by atoms with Crippen LogP contribution in [0.25, 0.3) is 0 Å². The van der Waals surface area contributed by atoms with Crippen molar-refractivity contribution in [3.8, 4) is 23.3 Å². The van der Waals surface area contributed by atoms with Crippen molar-refractivity contribution >= 4 is 21.3 Å². The molecule has 0 bridgehead atoms. The summed E-state index contributed by atoms with van der Waals surface area (Å²) in [4.78, 5) is 0. The number of rotatable bonds is 1. The summed E-state index contributed by atoms with van der Waals surface area (Å²) in [5.74, 6) is 0. The average Bonchev–Trinajstić information content (AvgIpc) is 2.43. The molecular formula is C25H39PSi. The molecule has 148 valence electrons. The lowest BCUT2D eigenvalue weighted by atomic mass is 9.75. The summed E-state index contributed by atoms with van der Waals surface area (Å²) >= 11 is 0. The Morgan fingerprint density at radius 3 is 1.44 bits per heavy atom. The molecular weight excluding hydrogens is 359 g/mol. The van der Waals surface area contributed by atoms with Crippen LogP contribution in [0.2, 0.25) is 19.6 Å². The maximum Gasteiger partial charge on any atom is 0.129 e. The fourth-order valence-corrected chi connectivity index (χ4v) is 6.20.